The molecule has 1 aromatic heterocycles. The molecule has 0 aliphatic carbocycles. The van der Waals surface area contributed by atoms with Crippen molar-refractivity contribution in [3.8, 4) is 5.75 Å². The van der Waals surface area contributed by atoms with E-state index >= 15 is 0 Å². The first kappa shape index (κ1) is 14.1. The van der Waals surface area contributed by atoms with Crippen molar-refractivity contribution < 1.29 is 4.74 Å². The lowest BCUT2D eigenvalue weighted by Gasteiger charge is -2.12. The van der Waals surface area contributed by atoms with Crippen LogP contribution >= 0.6 is 34.2 Å². The second-order valence-corrected chi connectivity index (χ2v) is 5.26. The number of hydrogen-bond acceptors (Lipinski definition) is 5. The molecule has 5 nitrogen and oxygen atoms in total. The molecular weight excluding hydrogens is 379 g/mol. The lowest BCUT2D eigenvalue weighted by molar-refractivity contribution is 0.416. The van der Waals surface area contributed by atoms with E-state index in [1.807, 2.05) is 18.2 Å². The first-order valence-corrected chi connectivity index (χ1v) is 6.90. The standard InChI is InChI=1S/C12H12ClIN4O/c1-15-12-16-6-8(13)11(18-12)17-9-5-7(14)3-4-10(9)19-2/h3-6H,1-2H3,(H2,15,16,17,18). The van der Waals surface area contributed by atoms with Crippen molar-refractivity contribution in [3.63, 3.8) is 0 Å². The van der Waals surface area contributed by atoms with Crippen LogP contribution in [0.1, 0.15) is 0 Å². The topological polar surface area (TPSA) is 59.1 Å². The molecule has 0 bridgehead atoms. The Labute approximate surface area is 129 Å². The molecule has 1 aromatic carbocycles. The molecule has 0 spiro atoms. The number of rotatable bonds is 4. The second-order valence-electron chi connectivity index (χ2n) is 3.61. The first-order valence-electron chi connectivity index (χ1n) is 5.45. The van der Waals surface area contributed by atoms with Crippen molar-refractivity contribution in [3.05, 3.63) is 33.0 Å². The molecule has 2 rings (SSSR count). The lowest BCUT2D eigenvalue weighted by atomic mass is 10.3. The third-order valence-electron chi connectivity index (χ3n) is 2.38. The Balaban J connectivity index is 2.37. The van der Waals surface area contributed by atoms with E-state index in [4.69, 9.17) is 16.3 Å². The van der Waals surface area contributed by atoms with E-state index in [0.717, 1.165) is 15.0 Å². The fourth-order valence-electron chi connectivity index (χ4n) is 1.48. The summed E-state index contributed by atoms with van der Waals surface area (Å²) in [6.07, 6.45) is 1.54. The van der Waals surface area contributed by atoms with Crippen LogP contribution in [-0.4, -0.2) is 24.1 Å². The number of nitrogens with zero attached hydrogens (tertiary/aromatic N) is 2. The van der Waals surface area contributed by atoms with E-state index in [9.17, 15) is 0 Å². The fourth-order valence-corrected chi connectivity index (χ4v) is 2.11. The Kier molecular flexibility index (Phi) is 4.65. The van der Waals surface area contributed by atoms with Crippen molar-refractivity contribution in [2.75, 3.05) is 24.8 Å². The molecule has 2 aromatic rings. The molecule has 0 saturated heterocycles. The summed E-state index contributed by atoms with van der Waals surface area (Å²) in [6.45, 7) is 0. The van der Waals surface area contributed by atoms with Crippen LogP contribution in [0.25, 0.3) is 0 Å². The Bertz CT molecular complexity index is 594. The predicted molar refractivity (Wildman–Crippen MR) is 85.6 cm³/mol. The molecule has 0 amide bonds. The minimum atomic E-state index is 0.444. The number of ether oxygens (including phenoxy) is 1. The van der Waals surface area contributed by atoms with E-state index in [0.29, 0.717) is 16.8 Å². The molecule has 0 saturated carbocycles. The smallest absolute Gasteiger partial charge is 0.224 e. The van der Waals surface area contributed by atoms with Gasteiger partial charge in [0, 0.05) is 10.6 Å². The highest BCUT2D eigenvalue weighted by atomic mass is 127. The van der Waals surface area contributed by atoms with E-state index in [2.05, 4.69) is 43.2 Å². The van der Waals surface area contributed by atoms with E-state index in [-0.39, 0.29) is 0 Å². The second kappa shape index (κ2) is 6.25. The van der Waals surface area contributed by atoms with E-state index in [1.165, 1.54) is 0 Å². The molecule has 100 valence electrons. The molecule has 0 unspecified atom stereocenters. The van der Waals surface area contributed by atoms with Gasteiger partial charge in [0.25, 0.3) is 0 Å². The van der Waals surface area contributed by atoms with E-state index < -0.39 is 0 Å². The van der Waals surface area contributed by atoms with Gasteiger partial charge < -0.3 is 15.4 Å². The Hall–Kier alpha value is -1.28. The van der Waals surface area contributed by atoms with Gasteiger partial charge in [0.05, 0.1) is 19.0 Å². The fraction of sp³-hybridized carbons (Fsp3) is 0.167. The Morgan fingerprint density at radius 1 is 1.37 bits per heavy atom. The van der Waals surface area contributed by atoms with Gasteiger partial charge in [-0.1, -0.05) is 11.6 Å². The van der Waals surface area contributed by atoms with Crippen LogP contribution < -0.4 is 15.4 Å². The summed E-state index contributed by atoms with van der Waals surface area (Å²) in [5.74, 6) is 1.75. The zero-order valence-electron chi connectivity index (χ0n) is 10.4. The van der Waals surface area contributed by atoms with Crippen LogP contribution in [0.4, 0.5) is 17.5 Å². The third-order valence-corrected chi connectivity index (χ3v) is 3.33. The van der Waals surface area contributed by atoms with Crippen molar-refractivity contribution in [2.45, 2.75) is 0 Å². The minimum absolute atomic E-state index is 0.444. The first-order chi connectivity index (χ1) is 9.13. The monoisotopic (exact) mass is 390 g/mol. The van der Waals surface area contributed by atoms with Crippen molar-refractivity contribution in [1.82, 2.24) is 9.97 Å². The van der Waals surface area contributed by atoms with E-state index in [1.54, 1.807) is 20.4 Å². The van der Waals surface area contributed by atoms with Gasteiger partial charge in [-0.25, -0.2) is 4.98 Å². The summed E-state index contributed by atoms with van der Waals surface area (Å²) in [5.41, 5.74) is 0.803. The maximum Gasteiger partial charge on any atom is 0.224 e. The summed E-state index contributed by atoms with van der Waals surface area (Å²) >= 11 is 8.31. The largest absolute Gasteiger partial charge is 0.495 e. The molecule has 7 heteroatoms. The summed E-state index contributed by atoms with van der Waals surface area (Å²) in [4.78, 5) is 8.30. The highest BCUT2D eigenvalue weighted by Crippen LogP contribution is 2.31. The minimum Gasteiger partial charge on any atom is -0.495 e. The molecule has 0 radical (unpaired) electrons. The molecule has 0 aliphatic rings. The van der Waals surface area contributed by atoms with Crippen LogP contribution in [-0.2, 0) is 0 Å². The van der Waals surface area contributed by atoms with Gasteiger partial charge in [-0.15, -0.1) is 0 Å². The molecule has 19 heavy (non-hydrogen) atoms. The van der Waals surface area contributed by atoms with Gasteiger partial charge in [-0.2, -0.15) is 4.98 Å². The summed E-state index contributed by atoms with van der Waals surface area (Å²) < 4.78 is 6.38. The van der Waals surface area contributed by atoms with Gasteiger partial charge >= 0.3 is 0 Å². The number of hydrogen-bond donors (Lipinski definition) is 2. The average Bonchev–Trinajstić information content (AvgIpc) is 2.41. The molecule has 2 N–H and O–H groups in total. The van der Waals surface area contributed by atoms with Crippen LogP contribution in [0, 0.1) is 3.57 Å². The third kappa shape index (κ3) is 3.38. The predicted octanol–water partition coefficient (Wildman–Crippen LogP) is 3.53. The van der Waals surface area contributed by atoms with Gasteiger partial charge in [0.2, 0.25) is 5.95 Å². The highest BCUT2D eigenvalue weighted by molar-refractivity contribution is 14.1. The SMILES string of the molecule is CNc1ncc(Cl)c(Nc2cc(I)ccc2OC)n1. The van der Waals surface area contributed by atoms with Gasteiger partial charge in [-0.3, -0.25) is 0 Å². The average molecular weight is 391 g/mol. The van der Waals surface area contributed by atoms with Crippen molar-refractivity contribution in [1.29, 1.82) is 0 Å². The molecule has 0 aliphatic heterocycles. The normalized spacial score (nSPS) is 10.1. The zero-order valence-corrected chi connectivity index (χ0v) is 13.3. The number of methoxy groups -OCH3 is 1. The van der Waals surface area contributed by atoms with Crippen LogP contribution in [0.3, 0.4) is 0 Å². The van der Waals surface area contributed by atoms with Gasteiger partial charge in [0.1, 0.15) is 10.8 Å². The highest BCUT2D eigenvalue weighted by Gasteiger charge is 2.09. The van der Waals surface area contributed by atoms with Crippen LogP contribution in [0.5, 0.6) is 5.75 Å². The number of nitrogens with one attached hydrogen (secondary N) is 2. The number of halogens is 2. The van der Waals surface area contributed by atoms with Crippen LogP contribution in [0.2, 0.25) is 5.02 Å². The maximum absolute atomic E-state index is 6.08. The van der Waals surface area contributed by atoms with Crippen molar-refractivity contribution >= 4 is 51.6 Å². The Morgan fingerprint density at radius 2 is 2.16 bits per heavy atom. The number of benzene rings is 1. The molecule has 0 atom stereocenters. The number of aromatic nitrogens is 2. The maximum atomic E-state index is 6.08. The lowest BCUT2D eigenvalue weighted by Crippen LogP contribution is -2.02. The summed E-state index contributed by atoms with van der Waals surface area (Å²) in [6, 6.07) is 5.81. The number of anilines is 3. The zero-order chi connectivity index (χ0) is 13.8. The van der Waals surface area contributed by atoms with Gasteiger partial charge in [0.15, 0.2) is 5.82 Å². The van der Waals surface area contributed by atoms with Crippen LogP contribution in [0.15, 0.2) is 24.4 Å². The van der Waals surface area contributed by atoms with Crippen molar-refractivity contribution in [2.24, 2.45) is 0 Å². The Morgan fingerprint density at radius 3 is 2.84 bits per heavy atom. The summed E-state index contributed by atoms with van der Waals surface area (Å²) in [7, 11) is 3.37. The summed E-state index contributed by atoms with van der Waals surface area (Å²) in [5, 5.41) is 6.47. The molecule has 0 fully saturated rings. The quantitative estimate of drug-likeness (QED) is 0.782. The molecule has 1 heterocycles. The molecular formula is C12H12ClIN4O. The van der Waals surface area contributed by atoms with Gasteiger partial charge in [-0.05, 0) is 40.8 Å².